The van der Waals surface area contributed by atoms with E-state index in [0.717, 1.165) is 51.4 Å². The van der Waals surface area contributed by atoms with Gasteiger partial charge < -0.3 is 23.7 Å². The highest BCUT2D eigenvalue weighted by Gasteiger charge is 2.88. The van der Waals surface area contributed by atoms with Crippen LogP contribution in [0.25, 0.3) is 0 Å². The average Bonchev–Trinajstić information content (AvgIpc) is 3.50. The van der Waals surface area contributed by atoms with Crippen molar-refractivity contribution >= 4 is 5.78 Å². The summed E-state index contributed by atoms with van der Waals surface area (Å²) in [7, 11) is 0. The average molecular weight is 378 g/mol. The van der Waals surface area contributed by atoms with E-state index in [9.17, 15) is 4.79 Å². The first kappa shape index (κ1) is 17.3. The lowest BCUT2D eigenvalue weighted by molar-refractivity contribution is -0.353. The van der Waals surface area contributed by atoms with Gasteiger partial charge in [0.2, 0.25) is 5.78 Å². The molecule has 6 nitrogen and oxygen atoms in total. The Morgan fingerprint density at radius 1 is 0.481 bits per heavy atom. The van der Waals surface area contributed by atoms with Crippen molar-refractivity contribution < 1.29 is 28.5 Å². The normalized spacial score (nSPS) is 54.7. The molecule has 1 unspecified atom stereocenters. The second-order valence-corrected chi connectivity index (χ2v) is 9.22. The first-order valence-electron chi connectivity index (χ1n) is 10.9. The van der Waals surface area contributed by atoms with Crippen molar-refractivity contribution in [1.82, 2.24) is 0 Å². The molecule has 6 heteroatoms. The molecule has 6 fully saturated rings. The fourth-order valence-corrected chi connectivity index (χ4v) is 7.78. The largest absolute Gasteiger partial charge is 0.369 e. The minimum Gasteiger partial charge on any atom is -0.369 e. The lowest BCUT2D eigenvalue weighted by Crippen LogP contribution is -2.89. The van der Waals surface area contributed by atoms with Crippen LogP contribution in [0.3, 0.4) is 0 Å². The number of carbonyl (C=O) groups excluding carboxylic acids is 1. The third kappa shape index (κ3) is 1.64. The third-order valence-electron chi connectivity index (χ3n) is 8.45. The molecule has 0 bridgehead atoms. The van der Waals surface area contributed by atoms with Gasteiger partial charge in [-0.2, -0.15) is 0 Å². The fraction of sp³-hybridized carbons (Fsp3) is 0.952. The minimum atomic E-state index is -0.949. The Labute approximate surface area is 160 Å². The van der Waals surface area contributed by atoms with E-state index in [0.29, 0.717) is 45.9 Å². The van der Waals surface area contributed by atoms with Crippen LogP contribution in [-0.2, 0) is 28.5 Å². The van der Waals surface area contributed by atoms with Crippen molar-refractivity contribution in [2.75, 3.05) is 33.0 Å². The Hall–Kier alpha value is -0.530. The molecule has 0 N–H and O–H groups in total. The van der Waals surface area contributed by atoms with Crippen molar-refractivity contribution in [1.29, 1.82) is 0 Å². The summed E-state index contributed by atoms with van der Waals surface area (Å²) in [5.41, 5.74) is -4.04. The van der Waals surface area contributed by atoms with Crippen LogP contribution in [-0.4, -0.2) is 66.8 Å². The predicted molar refractivity (Wildman–Crippen MR) is 94.6 cm³/mol. The summed E-state index contributed by atoms with van der Waals surface area (Å²) in [5.74, 6) is 0.0925. The topological polar surface area (TPSA) is 63.2 Å². The van der Waals surface area contributed by atoms with Gasteiger partial charge in [-0.15, -0.1) is 0 Å². The molecule has 6 aliphatic rings. The maximum atomic E-state index is 14.4. The minimum absolute atomic E-state index is 0.0925. The van der Waals surface area contributed by atoms with Crippen LogP contribution in [0.4, 0.5) is 0 Å². The van der Waals surface area contributed by atoms with Crippen LogP contribution in [0.1, 0.15) is 64.2 Å². The molecule has 5 aliphatic heterocycles. The fourth-order valence-electron chi connectivity index (χ4n) is 7.78. The van der Waals surface area contributed by atoms with E-state index in [2.05, 4.69) is 0 Å². The summed E-state index contributed by atoms with van der Waals surface area (Å²) in [4.78, 5) is 14.4. The summed E-state index contributed by atoms with van der Waals surface area (Å²) in [6, 6.07) is 0. The van der Waals surface area contributed by atoms with Gasteiger partial charge in [-0.05, 0) is 64.2 Å². The van der Waals surface area contributed by atoms with Crippen LogP contribution in [0.2, 0.25) is 0 Å². The number of hydrogen-bond acceptors (Lipinski definition) is 6. The summed E-state index contributed by atoms with van der Waals surface area (Å²) >= 11 is 0. The monoisotopic (exact) mass is 378 g/mol. The van der Waals surface area contributed by atoms with E-state index in [-0.39, 0.29) is 5.78 Å². The molecule has 5 atom stereocenters. The Balaban J connectivity index is 1.66. The Bertz CT molecular complexity index is 579. The molecule has 5 spiro atoms. The van der Waals surface area contributed by atoms with Crippen molar-refractivity contribution in [3.63, 3.8) is 0 Å². The summed E-state index contributed by atoms with van der Waals surface area (Å²) in [6.45, 7) is 3.23. The molecule has 5 heterocycles. The van der Waals surface area contributed by atoms with Crippen LogP contribution in [0.15, 0.2) is 0 Å². The zero-order valence-corrected chi connectivity index (χ0v) is 16.1. The van der Waals surface area contributed by atoms with E-state index in [1.54, 1.807) is 0 Å². The molecule has 0 amide bonds. The van der Waals surface area contributed by atoms with Gasteiger partial charge in [0.05, 0.1) is 0 Å². The van der Waals surface area contributed by atoms with E-state index in [1.165, 1.54) is 0 Å². The highest BCUT2D eigenvalue weighted by atomic mass is 16.6. The Morgan fingerprint density at radius 2 is 0.852 bits per heavy atom. The molecule has 1 saturated carbocycles. The number of rotatable bonds is 0. The second-order valence-electron chi connectivity index (χ2n) is 9.22. The molecule has 0 aromatic carbocycles. The van der Waals surface area contributed by atoms with E-state index < -0.39 is 28.0 Å². The molecule has 0 aromatic heterocycles. The van der Waals surface area contributed by atoms with Gasteiger partial charge in [0.1, 0.15) is 16.8 Å². The summed E-state index contributed by atoms with van der Waals surface area (Å²) in [5, 5.41) is 0. The third-order valence-corrected chi connectivity index (χ3v) is 8.45. The van der Waals surface area contributed by atoms with Gasteiger partial charge in [0.25, 0.3) is 0 Å². The quantitative estimate of drug-likeness (QED) is 0.645. The van der Waals surface area contributed by atoms with Crippen LogP contribution in [0, 0.1) is 0 Å². The maximum absolute atomic E-state index is 14.4. The smallest absolute Gasteiger partial charge is 0.202 e. The van der Waals surface area contributed by atoms with Crippen molar-refractivity contribution in [3.8, 4) is 0 Å². The first-order valence-corrected chi connectivity index (χ1v) is 10.9. The highest BCUT2D eigenvalue weighted by Crippen LogP contribution is 2.69. The van der Waals surface area contributed by atoms with E-state index in [1.807, 2.05) is 0 Å². The summed E-state index contributed by atoms with van der Waals surface area (Å²) < 4.78 is 32.8. The molecule has 6 rings (SSSR count). The number of Topliss-reactive ketones (excluding diaryl/α,β-unsaturated/α-hetero) is 1. The van der Waals surface area contributed by atoms with Crippen LogP contribution < -0.4 is 0 Å². The van der Waals surface area contributed by atoms with Gasteiger partial charge in [-0.1, -0.05) is 0 Å². The zero-order chi connectivity index (χ0) is 18.2. The molecular weight excluding hydrogens is 348 g/mol. The number of carbonyl (C=O) groups is 1. The lowest BCUT2D eigenvalue weighted by Gasteiger charge is -2.67. The standard InChI is InChI=1S/C21H30O6/c22-16-17(6-1-11-23-17)19(8-3-13-25-19)21(10-5-15-27-21)20(9-4-14-26-20)18(16)7-2-12-24-18/h1-15H2/t17-,18+,19+,20-,21?. The number of fused-ring (bicyclic) bond motifs is 4. The van der Waals surface area contributed by atoms with Crippen LogP contribution >= 0.6 is 0 Å². The molecular formula is C21H30O6. The van der Waals surface area contributed by atoms with Crippen molar-refractivity contribution in [3.05, 3.63) is 0 Å². The highest BCUT2D eigenvalue weighted by molar-refractivity contribution is 6.00. The Morgan fingerprint density at radius 3 is 1.19 bits per heavy atom. The molecule has 27 heavy (non-hydrogen) atoms. The van der Waals surface area contributed by atoms with Gasteiger partial charge in [-0.3, -0.25) is 4.79 Å². The first-order chi connectivity index (χ1) is 13.2. The van der Waals surface area contributed by atoms with Gasteiger partial charge >= 0.3 is 0 Å². The van der Waals surface area contributed by atoms with E-state index in [4.69, 9.17) is 23.7 Å². The van der Waals surface area contributed by atoms with E-state index >= 15 is 0 Å². The number of ether oxygens (including phenoxy) is 5. The van der Waals surface area contributed by atoms with Crippen LogP contribution in [0.5, 0.6) is 0 Å². The molecule has 1 aliphatic carbocycles. The lowest BCUT2D eigenvalue weighted by atomic mass is 9.47. The molecule has 0 aromatic rings. The number of ketones is 1. The van der Waals surface area contributed by atoms with Crippen molar-refractivity contribution in [2.24, 2.45) is 0 Å². The second kappa shape index (κ2) is 5.54. The molecule has 5 saturated heterocycles. The Kier molecular flexibility index (Phi) is 3.56. The molecule has 0 radical (unpaired) electrons. The number of hydrogen-bond donors (Lipinski definition) is 0. The van der Waals surface area contributed by atoms with Gasteiger partial charge in [-0.25, -0.2) is 0 Å². The van der Waals surface area contributed by atoms with Crippen molar-refractivity contribution in [2.45, 2.75) is 92.2 Å². The van der Waals surface area contributed by atoms with Gasteiger partial charge in [0.15, 0.2) is 11.2 Å². The maximum Gasteiger partial charge on any atom is 0.202 e. The zero-order valence-electron chi connectivity index (χ0n) is 16.1. The SMILES string of the molecule is O=C1[C@@]2(CCCO2)[C@]2(CCCO2)C2(CCCO2)[C@]2(CCCO2)[C@@]12CCCO2. The van der Waals surface area contributed by atoms with Gasteiger partial charge in [0, 0.05) is 33.0 Å². The summed E-state index contributed by atoms with van der Waals surface area (Å²) in [6.07, 6.45) is 8.50. The molecule has 150 valence electrons. The predicted octanol–water partition coefficient (Wildman–Crippen LogP) is 2.32.